The van der Waals surface area contributed by atoms with E-state index in [9.17, 15) is 14.4 Å². The number of hydrogen-bond donors (Lipinski definition) is 1. The molecule has 18 heavy (non-hydrogen) atoms. The van der Waals surface area contributed by atoms with Crippen molar-refractivity contribution < 1.29 is 18.8 Å². The highest BCUT2D eigenvalue weighted by molar-refractivity contribution is 7.54. The molecule has 2 atom stereocenters. The summed E-state index contributed by atoms with van der Waals surface area (Å²) in [4.78, 5) is 20.9. The summed E-state index contributed by atoms with van der Waals surface area (Å²) in [5.74, 6) is 0. The molecular formula is C13H16NO3P. The monoisotopic (exact) mass is 265 g/mol. The van der Waals surface area contributed by atoms with E-state index in [4.69, 9.17) is 0 Å². The molecule has 0 amide bonds. The summed E-state index contributed by atoms with van der Waals surface area (Å²) in [6.45, 7) is 6.17. The van der Waals surface area contributed by atoms with E-state index in [0.29, 0.717) is 6.54 Å². The van der Waals surface area contributed by atoms with Crippen molar-refractivity contribution in [1.29, 1.82) is 0 Å². The zero-order valence-corrected chi connectivity index (χ0v) is 11.4. The molecule has 0 fully saturated rings. The Balaban J connectivity index is 2.61. The van der Waals surface area contributed by atoms with Crippen LogP contribution in [0.2, 0.25) is 0 Å². The van der Waals surface area contributed by atoms with Gasteiger partial charge >= 0.3 is 0 Å². The molecule has 96 valence electrons. The van der Waals surface area contributed by atoms with Crippen LogP contribution in [0.3, 0.4) is 0 Å². The Morgan fingerprint density at radius 2 is 2.11 bits per heavy atom. The summed E-state index contributed by atoms with van der Waals surface area (Å²) < 4.78 is 11.6. The van der Waals surface area contributed by atoms with Gasteiger partial charge in [-0.1, -0.05) is 12.7 Å². The number of nitrogens with zero attached hydrogens (tertiary/aromatic N) is 1. The van der Waals surface area contributed by atoms with Crippen molar-refractivity contribution in [3.63, 3.8) is 0 Å². The van der Waals surface area contributed by atoms with Crippen LogP contribution in [0.1, 0.15) is 6.92 Å². The quantitative estimate of drug-likeness (QED) is 0.625. The van der Waals surface area contributed by atoms with E-state index < -0.39 is 7.60 Å². The largest absolute Gasteiger partial charge is 0.771 e. The fourth-order valence-electron chi connectivity index (χ4n) is 2.44. The maximum absolute atomic E-state index is 11.5. The maximum Gasteiger partial charge on any atom is 0.217 e. The maximum atomic E-state index is 11.5. The average Bonchev–Trinajstić information content (AvgIpc) is 2.71. The molecule has 0 radical (unpaired) electrons. The third kappa shape index (κ3) is 1.78. The van der Waals surface area contributed by atoms with Crippen LogP contribution in [0.4, 0.5) is 0 Å². The van der Waals surface area contributed by atoms with Crippen molar-refractivity contribution in [3.8, 4) is 0 Å². The van der Waals surface area contributed by atoms with Gasteiger partial charge in [0.2, 0.25) is 7.60 Å². The van der Waals surface area contributed by atoms with E-state index in [1.807, 2.05) is 19.1 Å². The van der Waals surface area contributed by atoms with Crippen molar-refractivity contribution in [2.24, 2.45) is 0 Å². The molecular weight excluding hydrogens is 249 g/mol. The summed E-state index contributed by atoms with van der Waals surface area (Å²) in [7, 11) is -2.72. The van der Waals surface area contributed by atoms with Gasteiger partial charge in [-0.3, -0.25) is 9.05 Å². The number of fused-ring (bicyclic) bond motifs is 1. The van der Waals surface area contributed by atoms with Gasteiger partial charge in [-0.2, -0.15) is 0 Å². The Kier molecular flexibility index (Phi) is 3.07. The van der Waals surface area contributed by atoms with Gasteiger partial charge in [-0.25, -0.2) is 0 Å². The molecule has 0 aromatic rings. The van der Waals surface area contributed by atoms with Gasteiger partial charge < -0.3 is 9.79 Å². The molecule has 4 nitrogen and oxygen atoms in total. The molecule has 2 aliphatic rings. The van der Waals surface area contributed by atoms with E-state index in [0.717, 1.165) is 16.8 Å². The van der Waals surface area contributed by atoms with E-state index in [1.54, 1.807) is 19.2 Å². The fraction of sp³-hybridized carbons (Fsp3) is 0.231. The van der Waals surface area contributed by atoms with E-state index >= 15 is 0 Å². The van der Waals surface area contributed by atoms with Crippen LogP contribution >= 0.6 is 7.60 Å². The molecule has 1 aliphatic heterocycles. The number of likely N-dealkylation sites (N-methyl/N-ethyl adjacent to an activating group) is 1. The van der Waals surface area contributed by atoms with Gasteiger partial charge in [0.05, 0.1) is 13.6 Å². The van der Waals surface area contributed by atoms with E-state index in [-0.39, 0.29) is 9.92 Å². The Labute approximate surface area is 107 Å². The highest BCUT2D eigenvalue weighted by Crippen LogP contribution is 2.52. The van der Waals surface area contributed by atoms with Crippen LogP contribution < -0.4 is 4.89 Å². The molecule has 5 heteroatoms. The molecule has 0 aromatic heterocycles. The number of allylic oxidation sites excluding steroid dienone is 6. The van der Waals surface area contributed by atoms with Gasteiger partial charge in [0, 0.05) is 17.7 Å². The standard InChI is InChI=1S/C13H16NO3P/c1-4-10-6-8-12-11(10)7-9-13(18(15,16)17)14(12,3)5-2/h4,6-9H,1,5H2,2-3H3,(H-,15,16,17). The Hall–Kier alpha value is -1.19. The predicted octanol–water partition coefficient (Wildman–Crippen LogP) is 1.79. The van der Waals surface area contributed by atoms with Gasteiger partial charge in [-0.05, 0) is 24.6 Å². The Morgan fingerprint density at radius 3 is 2.61 bits per heavy atom. The lowest BCUT2D eigenvalue weighted by atomic mass is 10.0. The number of hydrogen-bond acceptors (Lipinski definition) is 2. The van der Waals surface area contributed by atoms with Crippen LogP contribution in [-0.4, -0.2) is 23.0 Å². The first-order valence-electron chi connectivity index (χ1n) is 5.72. The first kappa shape index (κ1) is 13.2. The van der Waals surface area contributed by atoms with Crippen LogP contribution in [0, 0.1) is 0 Å². The topological polar surface area (TPSA) is 60.4 Å². The van der Waals surface area contributed by atoms with Gasteiger partial charge in [0.1, 0.15) is 5.70 Å². The first-order chi connectivity index (χ1) is 8.34. The molecule has 1 heterocycles. The first-order valence-corrected chi connectivity index (χ1v) is 7.30. The number of rotatable bonds is 3. The molecule has 1 aliphatic carbocycles. The third-order valence-corrected chi connectivity index (χ3v) is 4.76. The van der Waals surface area contributed by atoms with Crippen LogP contribution in [0.15, 0.2) is 59.2 Å². The zero-order chi connectivity index (χ0) is 13.6. The lowest BCUT2D eigenvalue weighted by Crippen LogP contribution is -2.44. The van der Waals surface area contributed by atoms with Crippen LogP contribution in [0.5, 0.6) is 0 Å². The van der Waals surface area contributed by atoms with E-state index in [2.05, 4.69) is 6.58 Å². The summed E-state index contributed by atoms with van der Waals surface area (Å²) in [5.41, 5.74) is 2.83. The second-order valence-electron chi connectivity index (χ2n) is 4.51. The smallest absolute Gasteiger partial charge is 0.217 e. The Morgan fingerprint density at radius 1 is 1.44 bits per heavy atom. The minimum atomic E-state index is -4.51. The second-order valence-corrected chi connectivity index (χ2v) is 6.01. The summed E-state index contributed by atoms with van der Waals surface area (Å²) >= 11 is 0. The highest BCUT2D eigenvalue weighted by Gasteiger charge is 2.42. The summed E-state index contributed by atoms with van der Waals surface area (Å²) in [5, 5.41) is 0. The molecule has 0 spiro atoms. The molecule has 1 N–H and O–H groups in total. The second kappa shape index (κ2) is 4.18. The van der Waals surface area contributed by atoms with Gasteiger partial charge in [0.25, 0.3) is 0 Å². The summed E-state index contributed by atoms with van der Waals surface area (Å²) in [6, 6.07) is 0. The minimum Gasteiger partial charge on any atom is -0.771 e. The fourth-order valence-corrected chi connectivity index (χ4v) is 3.51. The lowest BCUT2D eigenvalue weighted by molar-refractivity contribution is -0.824. The normalized spacial score (nSPS) is 29.6. The van der Waals surface area contributed by atoms with Crippen molar-refractivity contribution in [2.45, 2.75) is 6.92 Å². The van der Waals surface area contributed by atoms with Gasteiger partial charge in [0.15, 0.2) is 5.44 Å². The molecule has 0 aromatic carbocycles. The SMILES string of the molecule is C=CC1=CC=C2C1=CC=C(P(=O)([O-])O)[N+]2(C)CC. The number of quaternary nitrogens is 1. The van der Waals surface area contributed by atoms with E-state index in [1.165, 1.54) is 6.08 Å². The molecule has 2 rings (SSSR count). The van der Waals surface area contributed by atoms with Crippen molar-refractivity contribution in [3.05, 3.63) is 59.2 Å². The van der Waals surface area contributed by atoms with Gasteiger partial charge in [-0.15, -0.1) is 0 Å². The summed E-state index contributed by atoms with van der Waals surface area (Å²) in [6.07, 6.45) is 8.73. The predicted molar refractivity (Wildman–Crippen MR) is 69.1 cm³/mol. The molecule has 2 unspecified atom stereocenters. The third-order valence-electron chi connectivity index (χ3n) is 3.59. The van der Waals surface area contributed by atoms with Crippen molar-refractivity contribution in [1.82, 2.24) is 0 Å². The van der Waals surface area contributed by atoms with Crippen LogP contribution in [0.25, 0.3) is 0 Å². The highest BCUT2D eigenvalue weighted by atomic mass is 31.2. The molecule has 0 saturated heterocycles. The zero-order valence-electron chi connectivity index (χ0n) is 10.5. The van der Waals surface area contributed by atoms with Crippen molar-refractivity contribution >= 4 is 7.60 Å². The minimum absolute atomic E-state index is 0.0266. The van der Waals surface area contributed by atoms with Crippen molar-refractivity contribution in [2.75, 3.05) is 13.6 Å². The molecule has 0 saturated carbocycles. The molecule has 0 bridgehead atoms. The Bertz CT molecular complexity index is 577. The van der Waals surface area contributed by atoms with Crippen LogP contribution in [-0.2, 0) is 4.57 Å². The average molecular weight is 265 g/mol. The lowest BCUT2D eigenvalue weighted by Gasteiger charge is -2.40.